The number of hydrogen-bond acceptors (Lipinski definition) is 0. The van der Waals surface area contributed by atoms with Gasteiger partial charge in [-0.1, -0.05) is 0 Å². The predicted molar refractivity (Wildman–Crippen MR) is 123 cm³/mol. The standard InChI is InChI=1S/C13H9.C9H7.CH4ClSi.2ClH.Ti/c1-3-7-12-10(5-1)9-11-6-2-4-8-13(11)12;1-2-5-9-7-3-6-8(9)4-1;1-3-2;;;/h1-9H;1-7H;3H,1H3;2*1H;/q;;;;;+2/p-2. The average molecular weight is 479 g/mol. The van der Waals surface area contributed by atoms with Crippen LogP contribution in [0.3, 0.4) is 0 Å². The molecule has 0 fully saturated rings. The SMILES string of the molecule is C[SiH](Cl)[Ti]([Cl])([Cl])([CH]1C=Cc2ccccc21)[CH]1c2ccccc2-c2ccccc21. The van der Waals surface area contributed by atoms with Crippen LogP contribution in [-0.2, 0) is 12.4 Å². The molecule has 0 heterocycles. The van der Waals surface area contributed by atoms with Crippen LogP contribution in [-0.4, -0.2) is 5.97 Å². The van der Waals surface area contributed by atoms with Crippen LogP contribution in [0, 0.1) is 0 Å². The van der Waals surface area contributed by atoms with Gasteiger partial charge in [0.1, 0.15) is 0 Å². The molecule has 0 aromatic heterocycles. The fourth-order valence-corrected chi connectivity index (χ4v) is 25.3. The van der Waals surface area contributed by atoms with Gasteiger partial charge < -0.3 is 0 Å². The molecule has 2 unspecified atom stereocenters. The molecule has 0 spiro atoms. The third-order valence-corrected chi connectivity index (χ3v) is 43.8. The van der Waals surface area contributed by atoms with Crippen LogP contribution in [0.2, 0.25) is 6.55 Å². The molecule has 0 nitrogen and oxygen atoms in total. The summed E-state index contributed by atoms with van der Waals surface area (Å²) in [6, 6.07) is 25.6. The molecule has 2 aliphatic rings. The van der Waals surface area contributed by atoms with E-state index in [-0.39, 0.29) is 8.45 Å². The number of hydrogen-bond donors (Lipinski definition) is 0. The Balaban J connectivity index is 1.81. The number of allylic oxidation sites excluding steroid dienone is 1. The first-order valence-electron chi connectivity index (χ1n) is 9.59. The molecule has 0 saturated heterocycles. The Morgan fingerprint density at radius 1 is 0.750 bits per heavy atom. The summed E-state index contributed by atoms with van der Waals surface area (Å²) in [5.74, 6) is -1.95. The van der Waals surface area contributed by atoms with Crippen LogP contribution in [0.15, 0.2) is 78.9 Å². The van der Waals surface area contributed by atoms with Gasteiger partial charge in [-0.05, 0) is 0 Å². The van der Waals surface area contributed by atoms with Crippen molar-refractivity contribution < 1.29 is 12.4 Å². The fourth-order valence-electron chi connectivity index (χ4n) is 5.14. The molecule has 28 heavy (non-hydrogen) atoms. The van der Waals surface area contributed by atoms with E-state index in [2.05, 4.69) is 91.5 Å². The molecule has 3 aromatic rings. The van der Waals surface area contributed by atoms with Gasteiger partial charge in [0.05, 0.1) is 0 Å². The fraction of sp³-hybridized carbons (Fsp3) is 0.130. The Morgan fingerprint density at radius 2 is 1.25 bits per heavy atom. The molecule has 3 aromatic carbocycles. The van der Waals surface area contributed by atoms with Crippen LogP contribution in [0.4, 0.5) is 0 Å². The molecule has 141 valence electrons. The van der Waals surface area contributed by atoms with Crippen LogP contribution < -0.4 is 0 Å². The average Bonchev–Trinajstić information content (AvgIpc) is 3.28. The molecule has 5 heteroatoms. The Labute approximate surface area is 180 Å². The molecule has 2 aliphatic carbocycles. The summed E-state index contributed by atoms with van der Waals surface area (Å²) >= 11 is 2.75. The van der Waals surface area contributed by atoms with E-state index in [1.165, 1.54) is 33.4 Å². The van der Waals surface area contributed by atoms with Crippen molar-refractivity contribution >= 4 is 41.7 Å². The van der Waals surface area contributed by atoms with Crippen molar-refractivity contribution in [1.29, 1.82) is 0 Å². The summed E-state index contributed by atoms with van der Waals surface area (Å²) in [5.41, 5.74) is 7.47. The molecule has 2 atom stereocenters. The van der Waals surface area contributed by atoms with E-state index in [4.69, 9.17) is 29.7 Å². The Hall–Kier alpha value is -0.799. The first-order valence-corrected chi connectivity index (χ1v) is 21.9. The summed E-state index contributed by atoms with van der Waals surface area (Å²) in [7, 11) is 15.7. The van der Waals surface area contributed by atoms with Gasteiger partial charge in [-0.25, -0.2) is 0 Å². The van der Waals surface area contributed by atoms with Gasteiger partial charge in [0.25, 0.3) is 0 Å². The normalized spacial score (nSPS) is 20.1. The summed E-state index contributed by atoms with van der Waals surface area (Å²) in [4.78, 5) is 0. The van der Waals surface area contributed by atoms with Gasteiger partial charge in [-0.15, -0.1) is 0 Å². The van der Waals surface area contributed by atoms with Gasteiger partial charge in [0.2, 0.25) is 0 Å². The van der Waals surface area contributed by atoms with E-state index >= 15 is 0 Å². The third kappa shape index (κ3) is 2.48. The van der Waals surface area contributed by atoms with Crippen LogP contribution in [0.5, 0.6) is 0 Å². The summed E-state index contributed by atoms with van der Waals surface area (Å²) < 4.78 is 0.0348. The van der Waals surface area contributed by atoms with Gasteiger partial charge in [0.15, 0.2) is 0 Å². The van der Waals surface area contributed by atoms with Gasteiger partial charge in [-0.2, -0.15) is 0 Å². The molecular weight excluding hydrogens is 459 g/mol. The first-order chi connectivity index (χ1) is 13.4. The van der Waals surface area contributed by atoms with Crippen molar-refractivity contribution in [3.63, 3.8) is 0 Å². The summed E-state index contributed by atoms with van der Waals surface area (Å²) in [5, 5.41) is 0. The van der Waals surface area contributed by atoms with E-state index in [1.807, 2.05) is 0 Å². The van der Waals surface area contributed by atoms with Crippen molar-refractivity contribution in [2.75, 3.05) is 0 Å². The molecule has 0 amide bonds. The first kappa shape index (κ1) is 19.2. The molecule has 0 bridgehead atoms. The molecule has 0 N–H and O–H groups in total. The van der Waals surface area contributed by atoms with Gasteiger partial charge in [0, 0.05) is 0 Å². The second kappa shape index (κ2) is 6.60. The predicted octanol–water partition coefficient (Wildman–Crippen LogP) is 7.61. The number of rotatable bonds is 3. The maximum atomic E-state index is 7.86. The number of halogens is 3. The second-order valence-electron chi connectivity index (χ2n) is 7.92. The van der Waals surface area contributed by atoms with E-state index in [9.17, 15) is 0 Å². The van der Waals surface area contributed by atoms with E-state index in [0.29, 0.717) is 0 Å². The topological polar surface area (TPSA) is 0 Å². The quantitative estimate of drug-likeness (QED) is 0.268. The number of fused-ring (bicyclic) bond motifs is 4. The summed E-state index contributed by atoms with van der Waals surface area (Å²) in [6.07, 6.45) is 4.41. The van der Waals surface area contributed by atoms with Crippen molar-refractivity contribution in [2.24, 2.45) is 0 Å². The van der Waals surface area contributed by atoms with Crippen LogP contribution in [0.1, 0.15) is 30.7 Å². The van der Waals surface area contributed by atoms with Gasteiger partial charge in [-0.3, -0.25) is 0 Å². The molecular formula is C23H20Cl3SiTi. The zero-order valence-electron chi connectivity index (χ0n) is 15.4. The molecule has 0 aliphatic heterocycles. The second-order valence-corrected chi connectivity index (χ2v) is 38.5. The summed E-state index contributed by atoms with van der Waals surface area (Å²) in [6.45, 7) is 2.14. The third-order valence-electron chi connectivity index (χ3n) is 6.54. The Bertz CT molecular complexity index is 1080. The molecule has 0 saturated carbocycles. The van der Waals surface area contributed by atoms with Crippen molar-refractivity contribution in [2.45, 2.75) is 15.0 Å². The maximum absolute atomic E-state index is 7.86. The monoisotopic (exact) mass is 477 g/mol. The van der Waals surface area contributed by atoms with E-state index in [1.54, 1.807) is 0 Å². The zero-order valence-corrected chi connectivity index (χ0v) is 20.4. The zero-order chi connectivity index (χ0) is 19.5. The van der Waals surface area contributed by atoms with Crippen molar-refractivity contribution in [3.8, 4) is 11.1 Å². The Morgan fingerprint density at radius 3 is 1.82 bits per heavy atom. The van der Waals surface area contributed by atoms with E-state index in [0.717, 1.165) is 0 Å². The van der Waals surface area contributed by atoms with E-state index < -0.39 is 18.4 Å². The van der Waals surface area contributed by atoms with Crippen molar-refractivity contribution in [1.82, 2.24) is 0 Å². The van der Waals surface area contributed by atoms with Crippen molar-refractivity contribution in [3.05, 3.63) is 101 Å². The minimum absolute atomic E-state index is 0.00714. The van der Waals surface area contributed by atoms with Crippen LogP contribution in [0.25, 0.3) is 17.2 Å². The molecule has 5 rings (SSSR count). The molecule has 0 radical (unpaired) electrons. The Kier molecular flexibility index (Phi) is 4.52. The number of benzene rings is 3. The minimum atomic E-state index is -4.36. The van der Waals surface area contributed by atoms with Gasteiger partial charge >= 0.3 is 181 Å². The van der Waals surface area contributed by atoms with Crippen LogP contribution >= 0.6 is 29.7 Å².